The van der Waals surface area contributed by atoms with Crippen LogP contribution < -0.4 is 4.74 Å². The molecule has 0 saturated heterocycles. The molecule has 4 aromatic rings. The van der Waals surface area contributed by atoms with Gasteiger partial charge in [0.2, 0.25) is 0 Å². The summed E-state index contributed by atoms with van der Waals surface area (Å²) in [6.07, 6.45) is 1.75. The number of phenolic OH excluding ortho intramolecular Hbond substituents is 1. The molecule has 0 spiro atoms. The lowest BCUT2D eigenvalue weighted by Gasteiger charge is -2.06. The van der Waals surface area contributed by atoms with Crippen LogP contribution in [0.25, 0.3) is 34.0 Å². The zero-order valence-electron chi connectivity index (χ0n) is 16.9. The molecule has 0 radical (unpaired) electrons. The molecule has 1 N–H and O–H groups in total. The molecule has 152 valence electrons. The van der Waals surface area contributed by atoms with E-state index < -0.39 is 0 Å². The van der Waals surface area contributed by atoms with Gasteiger partial charge in [-0.05, 0) is 41.8 Å². The highest BCUT2D eigenvalue weighted by atomic mass is 32.1. The second-order valence-electron chi connectivity index (χ2n) is 6.81. The lowest BCUT2D eigenvalue weighted by molar-refractivity contribution is 0.318. The SMILES string of the molecule is CCOc1cc(C=C(C#N)c2nc(-c3ccc(-c4ccccc4)cc3)cs2)ccc1O. The van der Waals surface area contributed by atoms with Crippen molar-refractivity contribution in [1.29, 1.82) is 5.26 Å². The number of phenols is 1. The minimum Gasteiger partial charge on any atom is -0.504 e. The van der Waals surface area contributed by atoms with E-state index in [4.69, 9.17) is 4.74 Å². The van der Waals surface area contributed by atoms with E-state index in [-0.39, 0.29) is 5.75 Å². The molecule has 0 saturated carbocycles. The highest BCUT2D eigenvalue weighted by Gasteiger charge is 2.11. The summed E-state index contributed by atoms with van der Waals surface area (Å²) in [5.74, 6) is 0.472. The molecule has 0 aliphatic heterocycles. The van der Waals surface area contributed by atoms with Crippen molar-refractivity contribution < 1.29 is 9.84 Å². The second kappa shape index (κ2) is 9.29. The zero-order chi connectivity index (χ0) is 21.6. The lowest BCUT2D eigenvalue weighted by Crippen LogP contribution is -1.92. The van der Waals surface area contributed by atoms with Gasteiger partial charge in [-0.2, -0.15) is 5.26 Å². The molecule has 5 heteroatoms. The van der Waals surface area contributed by atoms with Crippen molar-refractivity contribution in [2.24, 2.45) is 0 Å². The molecule has 1 heterocycles. The van der Waals surface area contributed by atoms with Crippen LogP contribution in [0.1, 0.15) is 17.5 Å². The van der Waals surface area contributed by atoms with Gasteiger partial charge in [0, 0.05) is 10.9 Å². The summed E-state index contributed by atoms with van der Waals surface area (Å²) >= 11 is 1.43. The van der Waals surface area contributed by atoms with Crippen LogP contribution in [0, 0.1) is 11.3 Å². The maximum Gasteiger partial charge on any atom is 0.161 e. The Morgan fingerprint density at radius 3 is 2.45 bits per heavy atom. The van der Waals surface area contributed by atoms with E-state index in [2.05, 4.69) is 35.3 Å². The lowest BCUT2D eigenvalue weighted by atomic mass is 10.0. The monoisotopic (exact) mass is 424 g/mol. The number of nitrogens with zero attached hydrogens (tertiary/aromatic N) is 2. The van der Waals surface area contributed by atoms with Crippen LogP contribution in [0.2, 0.25) is 0 Å². The molecule has 0 aliphatic carbocycles. The third kappa shape index (κ3) is 4.66. The molecule has 0 unspecified atom stereocenters. The van der Waals surface area contributed by atoms with Crippen molar-refractivity contribution in [1.82, 2.24) is 4.98 Å². The van der Waals surface area contributed by atoms with Gasteiger partial charge < -0.3 is 9.84 Å². The molecule has 4 nitrogen and oxygen atoms in total. The maximum atomic E-state index is 9.88. The fraction of sp³-hybridized carbons (Fsp3) is 0.0769. The van der Waals surface area contributed by atoms with Gasteiger partial charge in [0.15, 0.2) is 11.5 Å². The number of allylic oxidation sites excluding steroid dienone is 1. The normalized spacial score (nSPS) is 11.2. The van der Waals surface area contributed by atoms with Gasteiger partial charge in [-0.25, -0.2) is 4.98 Å². The summed E-state index contributed by atoms with van der Waals surface area (Å²) in [7, 11) is 0. The molecule has 0 aliphatic rings. The summed E-state index contributed by atoms with van der Waals surface area (Å²) in [5, 5.41) is 22.2. The molecule has 0 bridgehead atoms. The molecule has 0 atom stereocenters. The minimum atomic E-state index is 0.0768. The van der Waals surface area contributed by atoms with Gasteiger partial charge in [0.1, 0.15) is 11.1 Å². The predicted molar refractivity (Wildman–Crippen MR) is 126 cm³/mol. The van der Waals surface area contributed by atoms with E-state index in [1.54, 1.807) is 24.3 Å². The Bertz CT molecular complexity index is 1250. The Kier molecular flexibility index (Phi) is 6.11. The highest BCUT2D eigenvalue weighted by molar-refractivity contribution is 7.11. The van der Waals surface area contributed by atoms with Crippen LogP contribution in [-0.2, 0) is 0 Å². The first-order chi connectivity index (χ1) is 15.2. The van der Waals surface area contributed by atoms with Gasteiger partial charge in [-0.15, -0.1) is 11.3 Å². The molecule has 1 aromatic heterocycles. The highest BCUT2D eigenvalue weighted by Crippen LogP contribution is 2.31. The number of aromatic hydroxyl groups is 1. The summed E-state index contributed by atoms with van der Waals surface area (Å²) in [6, 6.07) is 25.7. The van der Waals surface area contributed by atoms with Gasteiger partial charge in [0.05, 0.1) is 17.9 Å². The van der Waals surface area contributed by atoms with Crippen LogP contribution in [0.15, 0.2) is 78.2 Å². The third-order valence-corrected chi connectivity index (χ3v) is 5.61. The average Bonchev–Trinajstić information content (AvgIpc) is 3.30. The number of ether oxygens (including phenoxy) is 1. The summed E-state index contributed by atoms with van der Waals surface area (Å²) < 4.78 is 5.43. The molecule has 31 heavy (non-hydrogen) atoms. The van der Waals surface area contributed by atoms with E-state index in [9.17, 15) is 10.4 Å². The minimum absolute atomic E-state index is 0.0768. The summed E-state index contributed by atoms with van der Waals surface area (Å²) in [5.41, 5.74) is 5.38. The van der Waals surface area contributed by atoms with Gasteiger partial charge in [-0.3, -0.25) is 0 Å². The van der Waals surface area contributed by atoms with E-state index in [0.29, 0.717) is 22.9 Å². The molecular formula is C26H20N2O2S. The van der Waals surface area contributed by atoms with Crippen molar-refractivity contribution in [3.05, 3.63) is 88.7 Å². The number of hydrogen-bond donors (Lipinski definition) is 1. The zero-order valence-corrected chi connectivity index (χ0v) is 17.8. The predicted octanol–water partition coefficient (Wildman–Crippen LogP) is 6.65. The second-order valence-corrected chi connectivity index (χ2v) is 7.67. The first-order valence-electron chi connectivity index (χ1n) is 9.87. The fourth-order valence-corrected chi connectivity index (χ4v) is 3.99. The van der Waals surface area contributed by atoms with Crippen molar-refractivity contribution in [3.63, 3.8) is 0 Å². The molecule has 0 fully saturated rings. The standard InChI is InChI=1S/C26H20N2O2S/c1-2-30-25-15-18(8-13-24(25)29)14-22(16-27)26-28-23(17-31-26)21-11-9-20(10-12-21)19-6-4-3-5-7-19/h3-15,17,29H,2H2,1H3. The fourth-order valence-electron chi connectivity index (χ4n) is 3.19. The van der Waals surface area contributed by atoms with Gasteiger partial charge in [-0.1, -0.05) is 60.7 Å². The van der Waals surface area contributed by atoms with Crippen molar-refractivity contribution >= 4 is 23.0 Å². The maximum absolute atomic E-state index is 9.88. The largest absolute Gasteiger partial charge is 0.504 e. The van der Waals surface area contributed by atoms with Crippen LogP contribution in [0.4, 0.5) is 0 Å². The molecule has 0 amide bonds. The quantitative estimate of drug-likeness (QED) is 0.352. The van der Waals surface area contributed by atoms with Crippen molar-refractivity contribution in [3.8, 4) is 40.0 Å². The molecular weight excluding hydrogens is 404 g/mol. The summed E-state index contributed by atoms with van der Waals surface area (Å²) in [6.45, 7) is 2.30. The van der Waals surface area contributed by atoms with Gasteiger partial charge in [0.25, 0.3) is 0 Å². The number of aromatic nitrogens is 1. The van der Waals surface area contributed by atoms with E-state index in [1.165, 1.54) is 16.9 Å². The Balaban J connectivity index is 1.59. The first kappa shape index (κ1) is 20.4. The number of hydrogen-bond acceptors (Lipinski definition) is 5. The molecule has 4 rings (SSSR count). The third-order valence-electron chi connectivity index (χ3n) is 4.74. The van der Waals surface area contributed by atoms with Crippen molar-refractivity contribution in [2.45, 2.75) is 6.92 Å². The van der Waals surface area contributed by atoms with Crippen molar-refractivity contribution in [2.75, 3.05) is 6.61 Å². The van der Waals surface area contributed by atoms with E-state index in [0.717, 1.165) is 22.4 Å². The number of thiazole rings is 1. The Hall–Kier alpha value is -3.88. The number of nitriles is 1. The van der Waals surface area contributed by atoms with Gasteiger partial charge >= 0.3 is 0 Å². The number of rotatable bonds is 6. The topological polar surface area (TPSA) is 66.1 Å². The summed E-state index contributed by atoms with van der Waals surface area (Å²) in [4.78, 5) is 4.67. The average molecular weight is 425 g/mol. The number of benzene rings is 3. The smallest absolute Gasteiger partial charge is 0.161 e. The Morgan fingerprint density at radius 2 is 1.74 bits per heavy atom. The first-order valence-corrected chi connectivity index (χ1v) is 10.7. The van der Waals surface area contributed by atoms with E-state index >= 15 is 0 Å². The van der Waals surface area contributed by atoms with Crippen LogP contribution >= 0.6 is 11.3 Å². The Labute approximate surface area is 185 Å². The molecule has 3 aromatic carbocycles. The van der Waals surface area contributed by atoms with Crippen LogP contribution in [-0.4, -0.2) is 16.7 Å². The Morgan fingerprint density at radius 1 is 1.03 bits per heavy atom. The van der Waals surface area contributed by atoms with Crippen LogP contribution in [0.5, 0.6) is 11.5 Å². The van der Waals surface area contributed by atoms with E-state index in [1.807, 2.05) is 42.6 Å². The van der Waals surface area contributed by atoms with Crippen LogP contribution in [0.3, 0.4) is 0 Å².